The van der Waals surface area contributed by atoms with Crippen LogP contribution in [0.15, 0.2) is 12.7 Å². The lowest BCUT2D eigenvalue weighted by Crippen LogP contribution is -2.30. The van der Waals surface area contributed by atoms with Crippen LogP contribution >= 0.6 is 0 Å². The van der Waals surface area contributed by atoms with Crippen LogP contribution in [0.4, 0.5) is 0 Å². The van der Waals surface area contributed by atoms with Crippen LogP contribution in [0.3, 0.4) is 0 Å². The maximum absolute atomic E-state index is 11.5. The molecule has 0 heterocycles. The summed E-state index contributed by atoms with van der Waals surface area (Å²) in [6, 6.07) is 0. The van der Waals surface area contributed by atoms with Crippen LogP contribution in [0, 0.1) is 17.8 Å². The zero-order valence-electron chi connectivity index (χ0n) is 8.17. The topological polar surface area (TPSA) is 17.1 Å². The fourth-order valence-electron chi connectivity index (χ4n) is 3.13. The Labute approximate surface area is 80.2 Å². The van der Waals surface area contributed by atoms with E-state index in [4.69, 9.17) is 0 Å². The van der Waals surface area contributed by atoms with Gasteiger partial charge in [-0.1, -0.05) is 25.8 Å². The first-order valence-corrected chi connectivity index (χ1v) is 5.46. The molecule has 0 amide bonds. The zero-order chi connectivity index (χ0) is 9.26. The molecule has 2 saturated carbocycles. The summed E-state index contributed by atoms with van der Waals surface area (Å²) in [4.78, 5) is 11.5. The normalized spacial score (nSPS) is 38.3. The van der Waals surface area contributed by atoms with E-state index in [1.165, 1.54) is 31.8 Å². The molecule has 2 aliphatic rings. The lowest BCUT2D eigenvalue weighted by Gasteiger charge is -2.38. The van der Waals surface area contributed by atoms with Crippen LogP contribution < -0.4 is 0 Å². The molecule has 13 heavy (non-hydrogen) atoms. The lowest BCUT2D eigenvalue weighted by molar-refractivity contribution is -0.120. The van der Waals surface area contributed by atoms with E-state index in [0.29, 0.717) is 5.92 Å². The molecule has 0 aromatic rings. The molecule has 2 aliphatic carbocycles. The molecule has 2 bridgehead atoms. The van der Waals surface area contributed by atoms with Crippen molar-refractivity contribution in [2.45, 2.75) is 38.5 Å². The summed E-state index contributed by atoms with van der Waals surface area (Å²) in [6.07, 6.45) is 9.30. The molecule has 1 nitrogen and oxygen atoms in total. The van der Waals surface area contributed by atoms with Crippen molar-refractivity contribution in [1.82, 2.24) is 0 Å². The van der Waals surface area contributed by atoms with Gasteiger partial charge in [0.1, 0.15) is 0 Å². The van der Waals surface area contributed by atoms with E-state index in [2.05, 4.69) is 6.58 Å². The first-order chi connectivity index (χ1) is 6.29. The van der Waals surface area contributed by atoms with E-state index < -0.39 is 0 Å². The number of hydrogen-bond acceptors (Lipinski definition) is 1. The van der Waals surface area contributed by atoms with Crippen molar-refractivity contribution in [3.8, 4) is 0 Å². The average Bonchev–Trinajstić information content (AvgIpc) is 2.16. The Bertz CT molecular complexity index is 207. The van der Waals surface area contributed by atoms with Gasteiger partial charge >= 0.3 is 0 Å². The molecule has 0 saturated heterocycles. The van der Waals surface area contributed by atoms with Gasteiger partial charge in [-0.25, -0.2) is 0 Å². The minimum atomic E-state index is 0.289. The van der Waals surface area contributed by atoms with Gasteiger partial charge in [-0.2, -0.15) is 0 Å². The Morgan fingerprint density at radius 1 is 1.15 bits per heavy atom. The summed E-state index contributed by atoms with van der Waals surface area (Å²) in [6.45, 7) is 3.58. The van der Waals surface area contributed by atoms with Crippen molar-refractivity contribution in [2.75, 3.05) is 0 Å². The molecule has 1 heteroatoms. The maximum Gasteiger partial charge on any atom is 0.158 e. The minimum absolute atomic E-state index is 0.289. The molecule has 0 aromatic carbocycles. The van der Waals surface area contributed by atoms with Crippen molar-refractivity contribution in [3.63, 3.8) is 0 Å². The number of carbonyl (C=O) groups is 1. The predicted molar refractivity (Wildman–Crippen MR) is 53.4 cm³/mol. The number of ketones is 1. The van der Waals surface area contributed by atoms with Gasteiger partial charge in [0.25, 0.3) is 0 Å². The average molecular weight is 178 g/mol. The Morgan fingerprint density at radius 3 is 2.31 bits per heavy atom. The SMILES string of the molecule is C=CC(=O)C1CC2CCCC(C2)C1. The molecule has 0 radical (unpaired) electrons. The Hall–Kier alpha value is -0.590. The molecule has 2 fully saturated rings. The van der Waals surface area contributed by atoms with E-state index >= 15 is 0 Å². The van der Waals surface area contributed by atoms with Crippen LogP contribution in [-0.2, 0) is 4.79 Å². The highest BCUT2D eigenvalue weighted by Crippen LogP contribution is 2.42. The molecule has 0 N–H and O–H groups in total. The van der Waals surface area contributed by atoms with Gasteiger partial charge in [0, 0.05) is 5.92 Å². The van der Waals surface area contributed by atoms with Crippen molar-refractivity contribution in [1.29, 1.82) is 0 Å². The maximum atomic E-state index is 11.5. The Kier molecular flexibility index (Phi) is 2.52. The van der Waals surface area contributed by atoms with Crippen LogP contribution in [-0.4, -0.2) is 5.78 Å². The largest absolute Gasteiger partial charge is 0.295 e. The number of carbonyl (C=O) groups excluding carboxylic acids is 1. The van der Waals surface area contributed by atoms with E-state index in [1.807, 2.05) is 0 Å². The van der Waals surface area contributed by atoms with Crippen molar-refractivity contribution < 1.29 is 4.79 Å². The number of fused-ring (bicyclic) bond motifs is 2. The molecular weight excluding hydrogens is 160 g/mol. The molecule has 2 unspecified atom stereocenters. The summed E-state index contributed by atoms with van der Waals surface area (Å²) >= 11 is 0. The third-order valence-corrected chi connectivity index (χ3v) is 3.73. The molecule has 0 aromatic heterocycles. The summed E-state index contributed by atoms with van der Waals surface area (Å²) in [5, 5.41) is 0. The monoisotopic (exact) mass is 178 g/mol. The third-order valence-electron chi connectivity index (χ3n) is 3.73. The van der Waals surface area contributed by atoms with Gasteiger partial charge in [0.05, 0.1) is 0 Å². The molecule has 0 aliphatic heterocycles. The van der Waals surface area contributed by atoms with Crippen LogP contribution in [0.1, 0.15) is 38.5 Å². The fourth-order valence-corrected chi connectivity index (χ4v) is 3.13. The minimum Gasteiger partial charge on any atom is -0.295 e. The van der Waals surface area contributed by atoms with Gasteiger partial charge < -0.3 is 0 Å². The smallest absolute Gasteiger partial charge is 0.158 e. The Morgan fingerprint density at radius 2 is 1.77 bits per heavy atom. The highest BCUT2D eigenvalue weighted by Gasteiger charge is 2.33. The third kappa shape index (κ3) is 1.84. The Balaban J connectivity index is 2.01. The van der Waals surface area contributed by atoms with Gasteiger partial charge in [0.2, 0.25) is 0 Å². The second-order valence-electron chi connectivity index (χ2n) is 4.67. The standard InChI is InChI=1S/C12H18O/c1-2-12(13)11-7-9-4-3-5-10(6-9)8-11/h2,9-11H,1,3-8H2. The lowest BCUT2D eigenvalue weighted by atomic mass is 9.67. The van der Waals surface area contributed by atoms with Crippen molar-refractivity contribution in [2.24, 2.45) is 17.8 Å². The van der Waals surface area contributed by atoms with E-state index in [-0.39, 0.29) is 5.78 Å². The summed E-state index contributed by atoms with van der Waals surface area (Å²) in [7, 11) is 0. The highest BCUT2D eigenvalue weighted by atomic mass is 16.1. The molecule has 0 spiro atoms. The summed E-state index contributed by atoms with van der Waals surface area (Å²) in [5.41, 5.74) is 0. The zero-order valence-corrected chi connectivity index (χ0v) is 8.17. The van der Waals surface area contributed by atoms with Crippen LogP contribution in [0.5, 0.6) is 0 Å². The van der Waals surface area contributed by atoms with Crippen LogP contribution in [0.2, 0.25) is 0 Å². The molecular formula is C12H18O. The van der Waals surface area contributed by atoms with Gasteiger partial charge in [0.15, 0.2) is 5.78 Å². The number of hydrogen-bond donors (Lipinski definition) is 0. The van der Waals surface area contributed by atoms with Crippen molar-refractivity contribution >= 4 is 5.78 Å². The second-order valence-corrected chi connectivity index (χ2v) is 4.67. The first kappa shape index (κ1) is 8.98. The molecule has 2 rings (SSSR count). The van der Waals surface area contributed by atoms with Crippen LogP contribution in [0.25, 0.3) is 0 Å². The summed E-state index contributed by atoms with van der Waals surface area (Å²) in [5.74, 6) is 2.31. The van der Waals surface area contributed by atoms with Crippen molar-refractivity contribution in [3.05, 3.63) is 12.7 Å². The fraction of sp³-hybridized carbons (Fsp3) is 0.750. The second kappa shape index (κ2) is 3.65. The van der Waals surface area contributed by atoms with Gasteiger partial charge in [-0.05, 0) is 37.2 Å². The number of rotatable bonds is 2. The van der Waals surface area contributed by atoms with E-state index in [1.54, 1.807) is 0 Å². The molecule has 2 atom stereocenters. The highest BCUT2D eigenvalue weighted by molar-refractivity contribution is 5.91. The predicted octanol–water partition coefficient (Wildman–Crippen LogP) is 2.96. The number of allylic oxidation sites excluding steroid dienone is 1. The summed E-state index contributed by atoms with van der Waals surface area (Å²) < 4.78 is 0. The first-order valence-electron chi connectivity index (χ1n) is 5.46. The van der Waals surface area contributed by atoms with E-state index in [9.17, 15) is 4.79 Å². The van der Waals surface area contributed by atoms with Gasteiger partial charge in [-0.3, -0.25) is 4.79 Å². The van der Waals surface area contributed by atoms with E-state index in [0.717, 1.165) is 24.7 Å². The molecule has 72 valence electrons. The van der Waals surface area contributed by atoms with Gasteiger partial charge in [-0.15, -0.1) is 0 Å². The quantitative estimate of drug-likeness (QED) is 0.594.